The third-order valence-corrected chi connectivity index (χ3v) is 2.77. The first kappa shape index (κ1) is 12.3. The van der Waals surface area contributed by atoms with Crippen LogP contribution in [0, 0.1) is 6.92 Å². The zero-order valence-corrected chi connectivity index (χ0v) is 10.9. The topological polar surface area (TPSA) is 56.4 Å². The van der Waals surface area contributed by atoms with Gasteiger partial charge >= 0.3 is 0 Å². The highest BCUT2D eigenvalue weighted by atomic mass is 16.5. The molecule has 18 heavy (non-hydrogen) atoms. The fourth-order valence-electron chi connectivity index (χ4n) is 1.81. The van der Waals surface area contributed by atoms with Gasteiger partial charge in [-0.15, -0.1) is 0 Å². The van der Waals surface area contributed by atoms with E-state index in [0.29, 0.717) is 17.5 Å². The Hall–Kier alpha value is -2.17. The van der Waals surface area contributed by atoms with Crippen LogP contribution in [0.5, 0.6) is 17.5 Å². The van der Waals surface area contributed by atoms with Crippen molar-refractivity contribution in [3.63, 3.8) is 0 Å². The van der Waals surface area contributed by atoms with Crippen molar-refractivity contribution in [1.29, 1.82) is 0 Å². The van der Waals surface area contributed by atoms with E-state index in [1.165, 1.54) is 0 Å². The predicted octanol–water partition coefficient (Wildman–Crippen LogP) is 2.41. The van der Waals surface area contributed by atoms with Crippen LogP contribution in [0.25, 0.3) is 11.3 Å². The van der Waals surface area contributed by atoms with Gasteiger partial charge in [0.25, 0.3) is 6.01 Å². The Kier molecular flexibility index (Phi) is 3.41. The first-order valence-electron chi connectivity index (χ1n) is 5.51. The van der Waals surface area contributed by atoms with Crippen molar-refractivity contribution in [3.05, 3.63) is 23.9 Å². The summed E-state index contributed by atoms with van der Waals surface area (Å²) in [7, 11) is 4.81. The Morgan fingerprint density at radius 1 is 1.00 bits per heavy atom. The molecule has 0 radical (unpaired) electrons. The van der Waals surface area contributed by atoms with E-state index >= 15 is 0 Å². The van der Waals surface area contributed by atoms with Crippen LogP contribution < -0.4 is 14.2 Å². The average molecular weight is 248 g/mol. The molecule has 0 fully saturated rings. The summed E-state index contributed by atoms with van der Waals surface area (Å²) >= 11 is 0. The molecule has 5 heteroatoms. The predicted molar refractivity (Wildman–Crippen MR) is 68.4 cm³/mol. The number of benzene rings is 1. The minimum atomic E-state index is 0.485. The second-order valence-corrected chi connectivity index (χ2v) is 3.83. The van der Waals surface area contributed by atoms with E-state index in [1.54, 1.807) is 27.5 Å². The van der Waals surface area contributed by atoms with Gasteiger partial charge in [0.15, 0.2) is 11.5 Å². The van der Waals surface area contributed by atoms with Crippen molar-refractivity contribution in [2.75, 3.05) is 21.3 Å². The van der Waals surface area contributed by atoms with Gasteiger partial charge in [-0.1, -0.05) is 0 Å². The molecule has 0 aliphatic heterocycles. The number of aromatic amines is 1. The van der Waals surface area contributed by atoms with Crippen LogP contribution in [-0.4, -0.2) is 31.3 Å². The maximum absolute atomic E-state index is 5.30. The number of ether oxygens (including phenoxy) is 3. The van der Waals surface area contributed by atoms with Gasteiger partial charge in [0, 0.05) is 5.56 Å². The first-order valence-corrected chi connectivity index (χ1v) is 5.51. The van der Waals surface area contributed by atoms with Crippen LogP contribution in [0.4, 0.5) is 0 Å². The Labute approximate surface area is 106 Å². The molecule has 0 atom stereocenters. The summed E-state index contributed by atoms with van der Waals surface area (Å²) in [6, 6.07) is 4.34. The normalized spacial score (nSPS) is 10.2. The maximum atomic E-state index is 5.30. The fourth-order valence-corrected chi connectivity index (χ4v) is 1.81. The van der Waals surface area contributed by atoms with Crippen LogP contribution in [0.1, 0.15) is 5.56 Å². The van der Waals surface area contributed by atoms with Gasteiger partial charge in [0.2, 0.25) is 0 Å². The summed E-state index contributed by atoms with van der Waals surface area (Å²) in [6.45, 7) is 2.00. The highest BCUT2D eigenvalue weighted by Gasteiger charge is 2.12. The van der Waals surface area contributed by atoms with Gasteiger partial charge in [-0.25, -0.2) is 4.98 Å². The SMILES string of the molecule is COc1ncc(-c2cc(OC)c(OC)cc2C)[nH]1. The van der Waals surface area contributed by atoms with Crippen molar-refractivity contribution in [2.24, 2.45) is 0 Å². The molecule has 1 heterocycles. The quantitative estimate of drug-likeness (QED) is 0.902. The summed E-state index contributed by atoms with van der Waals surface area (Å²) in [5.41, 5.74) is 2.95. The molecule has 1 aromatic carbocycles. The minimum Gasteiger partial charge on any atom is -0.493 e. The van der Waals surface area contributed by atoms with E-state index in [0.717, 1.165) is 16.8 Å². The van der Waals surface area contributed by atoms with E-state index in [9.17, 15) is 0 Å². The van der Waals surface area contributed by atoms with Gasteiger partial charge < -0.3 is 19.2 Å². The van der Waals surface area contributed by atoms with Crippen molar-refractivity contribution in [1.82, 2.24) is 9.97 Å². The lowest BCUT2D eigenvalue weighted by atomic mass is 10.1. The van der Waals surface area contributed by atoms with Crippen LogP contribution in [0.2, 0.25) is 0 Å². The van der Waals surface area contributed by atoms with E-state index in [4.69, 9.17) is 14.2 Å². The Balaban J connectivity index is 2.50. The lowest BCUT2D eigenvalue weighted by Gasteiger charge is -2.11. The van der Waals surface area contributed by atoms with Gasteiger partial charge in [0.05, 0.1) is 33.2 Å². The molecule has 2 rings (SSSR count). The third-order valence-electron chi connectivity index (χ3n) is 2.77. The number of aromatic nitrogens is 2. The zero-order valence-electron chi connectivity index (χ0n) is 10.9. The first-order chi connectivity index (χ1) is 8.69. The van der Waals surface area contributed by atoms with E-state index < -0.39 is 0 Å². The second-order valence-electron chi connectivity index (χ2n) is 3.83. The van der Waals surface area contributed by atoms with E-state index in [1.807, 2.05) is 19.1 Å². The number of methoxy groups -OCH3 is 3. The molecular formula is C13H16N2O3. The highest BCUT2D eigenvalue weighted by Crippen LogP contribution is 2.35. The van der Waals surface area contributed by atoms with Crippen LogP contribution in [0.15, 0.2) is 18.3 Å². The van der Waals surface area contributed by atoms with Gasteiger partial charge in [0.1, 0.15) is 0 Å². The number of rotatable bonds is 4. The van der Waals surface area contributed by atoms with Crippen molar-refractivity contribution >= 4 is 0 Å². The molecule has 0 aliphatic rings. The molecule has 1 N–H and O–H groups in total. The molecule has 0 unspecified atom stereocenters. The number of nitrogens with one attached hydrogen (secondary N) is 1. The fraction of sp³-hybridized carbons (Fsp3) is 0.308. The molecule has 0 amide bonds. The number of H-pyrrole nitrogens is 1. The maximum Gasteiger partial charge on any atom is 0.293 e. The van der Waals surface area contributed by atoms with Gasteiger partial charge in [-0.05, 0) is 24.6 Å². The molecule has 0 bridgehead atoms. The third kappa shape index (κ3) is 2.11. The molecule has 0 spiro atoms. The molecule has 0 saturated heterocycles. The Morgan fingerprint density at radius 2 is 1.67 bits per heavy atom. The summed E-state index contributed by atoms with van der Waals surface area (Å²) in [4.78, 5) is 7.18. The van der Waals surface area contributed by atoms with E-state index in [-0.39, 0.29) is 0 Å². The lowest BCUT2D eigenvalue weighted by Crippen LogP contribution is -1.93. The van der Waals surface area contributed by atoms with Crippen LogP contribution in [0.3, 0.4) is 0 Å². The zero-order chi connectivity index (χ0) is 13.1. The average Bonchev–Trinajstić information content (AvgIpc) is 2.86. The molecule has 1 aromatic heterocycles. The molecule has 0 aliphatic carbocycles. The number of hydrogen-bond acceptors (Lipinski definition) is 4. The van der Waals surface area contributed by atoms with Crippen molar-refractivity contribution in [2.45, 2.75) is 6.92 Å². The molecule has 96 valence electrons. The van der Waals surface area contributed by atoms with Gasteiger partial charge in [-0.2, -0.15) is 0 Å². The molecule has 0 saturated carbocycles. The summed E-state index contributed by atoms with van der Waals surface area (Å²) in [5, 5.41) is 0. The standard InChI is InChI=1S/C13H16N2O3/c1-8-5-11(16-2)12(17-3)6-9(8)10-7-14-13(15-10)18-4/h5-7H,1-4H3,(H,14,15). The monoisotopic (exact) mass is 248 g/mol. The number of nitrogens with zero attached hydrogens (tertiary/aromatic N) is 1. The van der Waals surface area contributed by atoms with E-state index in [2.05, 4.69) is 9.97 Å². The Morgan fingerprint density at radius 3 is 2.22 bits per heavy atom. The highest BCUT2D eigenvalue weighted by molar-refractivity contribution is 5.68. The van der Waals surface area contributed by atoms with Crippen molar-refractivity contribution < 1.29 is 14.2 Å². The molecular weight excluding hydrogens is 232 g/mol. The Bertz CT molecular complexity index is 549. The number of aryl methyl sites for hydroxylation is 1. The number of hydrogen-bond donors (Lipinski definition) is 1. The smallest absolute Gasteiger partial charge is 0.293 e. The largest absolute Gasteiger partial charge is 0.493 e. The molecule has 2 aromatic rings. The van der Waals surface area contributed by atoms with Crippen LogP contribution >= 0.6 is 0 Å². The minimum absolute atomic E-state index is 0.485. The number of imidazole rings is 1. The summed E-state index contributed by atoms with van der Waals surface area (Å²) in [6.07, 6.45) is 1.73. The summed E-state index contributed by atoms with van der Waals surface area (Å²) in [5.74, 6) is 1.40. The second kappa shape index (κ2) is 5.00. The van der Waals surface area contributed by atoms with Crippen molar-refractivity contribution in [3.8, 4) is 28.8 Å². The van der Waals surface area contributed by atoms with Crippen LogP contribution in [-0.2, 0) is 0 Å². The lowest BCUT2D eigenvalue weighted by molar-refractivity contribution is 0.355. The molecule has 5 nitrogen and oxygen atoms in total. The summed E-state index contributed by atoms with van der Waals surface area (Å²) < 4.78 is 15.6. The van der Waals surface area contributed by atoms with Gasteiger partial charge in [-0.3, -0.25) is 0 Å².